The number of aromatic nitrogens is 3. The highest BCUT2D eigenvalue weighted by atomic mass is 16.1. The van der Waals surface area contributed by atoms with E-state index in [4.69, 9.17) is 5.10 Å². The zero-order chi connectivity index (χ0) is 18.9. The Hall–Kier alpha value is -2.40. The van der Waals surface area contributed by atoms with E-state index < -0.39 is 0 Å². The molecule has 2 heterocycles. The molecule has 0 aliphatic heterocycles. The molecule has 2 aliphatic rings. The number of nitrogens with one attached hydrogen (secondary N) is 2. The van der Waals surface area contributed by atoms with Gasteiger partial charge in [0.05, 0.1) is 11.7 Å². The lowest BCUT2D eigenvalue weighted by Gasteiger charge is -2.30. The van der Waals surface area contributed by atoms with Crippen molar-refractivity contribution >= 4 is 10.9 Å². The predicted octanol–water partition coefficient (Wildman–Crippen LogP) is 3.88. The smallest absolute Gasteiger partial charge is 0.267 e. The average molecular weight is 377 g/mol. The number of fused-ring (bicyclic) bond motifs is 2. The summed E-state index contributed by atoms with van der Waals surface area (Å²) in [6.45, 7) is 0.885. The molecule has 0 bridgehead atoms. The third kappa shape index (κ3) is 3.39. The van der Waals surface area contributed by atoms with Crippen LogP contribution in [0, 0.1) is 0 Å². The number of aromatic amines is 1. The van der Waals surface area contributed by atoms with Gasteiger partial charge in [0, 0.05) is 35.8 Å². The summed E-state index contributed by atoms with van der Waals surface area (Å²) >= 11 is 0. The Bertz CT molecular complexity index is 1030. The molecule has 28 heavy (non-hydrogen) atoms. The highest BCUT2D eigenvalue weighted by Gasteiger charge is 2.25. The van der Waals surface area contributed by atoms with Crippen molar-refractivity contribution in [1.29, 1.82) is 0 Å². The third-order valence-corrected chi connectivity index (χ3v) is 6.53. The van der Waals surface area contributed by atoms with Crippen LogP contribution in [0.5, 0.6) is 0 Å². The van der Waals surface area contributed by atoms with Crippen LogP contribution in [0.4, 0.5) is 0 Å². The number of hydrogen-bond donors (Lipinski definition) is 2. The highest BCUT2D eigenvalue weighted by Crippen LogP contribution is 2.28. The number of H-pyrrole nitrogens is 1. The molecular weight excluding hydrogens is 348 g/mol. The van der Waals surface area contributed by atoms with Gasteiger partial charge in [-0.15, -0.1) is 0 Å². The summed E-state index contributed by atoms with van der Waals surface area (Å²) in [7, 11) is 0. The maximum absolute atomic E-state index is 12.6. The molecule has 3 aromatic rings. The van der Waals surface area contributed by atoms with E-state index >= 15 is 0 Å². The number of nitrogens with zero attached hydrogens (tertiary/aromatic N) is 2. The van der Waals surface area contributed by atoms with Crippen LogP contribution >= 0.6 is 0 Å². The molecule has 1 aromatic carbocycles. The molecule has 0 radical (unpaired) electrons. The first-order valence-electron chi connectivity index (χ1n) is 10.7. The van der Waals surface area contributed by atoms with Crippen molar-refractivity contribution in [2.45, 2.75) is 70.0 Å². The second-order valence-electron chi connectivity index (χ2n) is 8.35. The molecule has 146 valence electrons. The Morgan fingerprint density at radius 3 is 2.82 bits per heavy atom. The first-order valence-corrected chi connectivity index (χ1v) is 10.7. The fraction of sp³-hybridized carbons (Fsp3) is 0.478. The molecule has 0 saturated heterocycles. The summed E-state index contributed by atoms with van der Waals surface area (Å²) < 4.78 is 1.79. The van der Waals surface area contributed by atoms with Gasteiger partial charge in [-0.25, -0.2) is 4.68 Å². The summed E-state index contributed by atoms with van der Waals surface area (Å²) in [5.41, 5.74) is 4.95. The largest absolute Gasteiger partial charge is 0.361 e. The molecule has 2 aliphatic carbocycles. The topological polar surface area (TPSA) is 62.7 Å². The SMILES string of the molecule is O=c1cc2c(nn1C1CCC(NCc3c[nH]c4ccccc34)CC1)CCCC2. The van der Waals surface area contributed by atoms with Gasteiger partial charge in [0.2, 0.25) is 0 Å². The Morgan fingerprint density at radius 1 is 1.11 bits per heavy atom. The van der Waals surface area contributed by atoms with Crippen molar-refractivity contribution in [1.82, 2.24) is 20.1 Å². The molecule has 1 saturated carbocycles. The molecule has 5 heteroatoms. The Morgan fingerprint density at radius 2 is 1.93 bits per heavy atom. The number of para-hydroxylation sites is 1. The van der Waals surface area contributed by atoms with Crippen LogP contribution in [0.1, 0.15) is 61.4 Å². The normalized spacial score (nSPS) is 22.3. The van der Waals surface area contributed by atoms with Crippen LogP contribution in [-0.4, -0.2) is 20.8 Å². The van der Waals surface area contributed by atoms with E-state index in [0.717, 1.165) is 50.8 Å². The van der Waals surface area contributed by atoms with E-state index in [1.807, 2.05) is 6.07 Å². The molecule has 5 nitrogen and oxygen atoms in total. The molecular formula is C23H28N4O. The van der Waals surface area contributed by atoms with Gasteiger partial charge in [-0.1, -0.05) is 18.2 Å². The molecule has 0 unspecified atom stereocenters. The van der Waals surface area contributed by atoms with E-state index in [0.29, 0.717) is 6.04 Å². The summed E-state index contributed by atoms with van der Waals surface area (Å²) in [5, 5.41) is 9.79. The maximum atomic E-state index is 12.6. The fourth-order valence-electron chi connectivity index (χ4n) is 4.90. The molecule has 0 atom stereocenters. The van der Waals surface area contributed by atoms with Gasteiger partial charge in [-0.3, -0.25) is 4.79 Å². The van der Waals surface area contributed by atoms with Crippen LogP contribution in [0.25, 0.3) is 10.9 Å². The first-order chi connectivity index (χ1) is 13.8. The minimum absolute atomic E-state index is 0.0934. The minimum atomic E-state index is 0.0934. The van der Waals surface area contributed by atoms with Gasteiger partial charge in [0.25, 0.3) is 5.56 Å². The van der Waals surface area contributed by atoms with E-state index in [9.17, 15) is 4.79 Å². The molecule has 1 fully saturated rings. The van der Waals surface area contributed by atoms with Gasteiger partial charge in [0.15, 0.2) is 0 Å². The lowest BCUT2D eigenvalue weighted by Crippen LogP contribution is -2.37. The Balaban J connectivity index is 1.21. The lowest BCUT2D eigenvalue weighted by atomic mass is 9.90. The molecule has 0 spiro atoms. The fourth-order valence-corrected chi connectivity index (χ4v) is 4.90. The van der Waals surface area contributed by atoms with Gasteiger partial charge in [-0.2, -0.15) is 5.10 Å². The van der Waals surface area contributed by atoms with E-state index in [1.54, 1.807) is 4.68 Å². The summed E-state index contributed by atoms with van der Waals surface area (Å²) in [4.78, 5) is 15.9. The summed E-state index contributed by atoms with van der Waals surface area (Å²) in [6, 6.07) is 11.1. The number of rotatable bonds is 4. The summed E-state index contributed by atoms with van der Waals surface area (Å²) in [5.74, 6) is 0. The van der Waals surface area contributed by atoms with Crippen molar-refractivity contribution in [3.8, 4) is 0 Å². The van der Waals surface area contributed by atoms with Crippen LogP contribution in [-0.2, 0) is 19.4 Å². The highest BCUT2D eigenvalue weighted by molar-refractivity contribution is 5.82. The van der Waals surface area contributed by atoms with Crippen molar-refractivity contribution in [3.05, 3.63) is 63.7 Å². The lowest BCUT2D eigenvalue weighted by molar-refractivity contribution is 0.266. The van der Waals surface area contributed by atoms with Gasteiger partial charge < -0.3 is 10.3 Å². The Kier molecular flexibility index (Phi) is 4.77. The third-order valence-electron chi connectivity index (χ3n) is 6.53. The molecule has 0 amide bonds. The maximum Gasteiger partial charge on any atom is 0.267 e. The molecule has 2 N–H and O–H groups in total. The van der Waals surface area contributed by atoms with Crippen molar-refractivity contribution in [3.63, 3.8) is 0 Å². The number of benzene rings is 1. The zero-order valence-corrected chi connectivity index (χ0v) is 16.3. The minimum Gasteiger partial charge on any atom is -0.361 e. The van der Waals surface area contributed by atoms with Crippen molar-refractivity contribution < 1.29 is 0 Å². The van der Waals surface area contributed by atoms with Crippen LogP contribution in [0.2, 0.25) is 0 Å². The van der Waals surface area contributed by atoms with Gasteiger partial charge >= 0.3 is 0 Å². The number of aryl methyl sites for hydroxylation is 2. The zero-order valence-electron chi connectivity index (χ0n) is 16.3. The second-order valence-corrected chi connectivity index (χ2v) is 8.35. The van der Waals surface area contributed by atoms with E-state index in [1.165, 1.54) is 34.9 Å². The van der Waals surface area contributed by atoms with Gasteiger partial charge in [-0.05, 0) is 68.6 Å². The van der Waals surface area contributed by atoms with Crippen LogP contribution in [0.3, 0.4) is 0 Å². The standard InChI is InChI=1S/C23H28N4O/c28-23-13-16-5-1-3-7-21(16)26-27(23)19-11-9-18(10-12-19)24-14-17-15-25-22-8-4-2-6-20(17)22/h2,4,6,8,13,15,18-19,24-25H,1,3,5,7,9-12,14H2. The van der Waals surface area contributed by atoms with Crippen LogP contribution < -0.4 is 10.9 Å². The van der Waals surface area contributed by atoms with Crippen LogP contribution in [0.15, 0.2) is 41.3 Å². The predicted molar refractivity (Wildman–Crippen MR) is 112 cm³/mol. The number of hydrogen-bond acceptors (Lipinski definition) is 3. The van der Waals surface area contributed by atoms with E-state index in [2.05, 4.69) is 40.8 Å². The average Bonchev–Trinajstić information content (AvgIpc) is 3.15. The Labute approximate surface area is 165 Å². The second kappa shape index (κ2) is 7.55. The van der Waals surface area contributed by atoms with Gasteiger partial charge in [0.1, 0.15) is 0 Å². The quantitative estimate of drug-likeness (QED) is 0.726. The van der Waals surface area contributed by atoms with Crippen molar-refractivity contribution in [2.75, 3.05) is 0 Å². The van der Waals surface area contributed by atoms with E-state index in [-0.39, 0.29) is 11.6 Å². The van der Waals surface area contributed by atoms with Crippen molar-refractivity contribution in [2.24, 2.45) is 0 Å². The summed E-state index contributed by atoms with van der Waals surface area (Å²) in [6.07, 6.45) is 10.8. The molecule has 5 rings (SSSR count). The first kappa shape index (κ1) is 17.7. The molecule has 2 aromatic heterocycles. The monoisotopic (exact) mass is 376 g/mol.